The fourth-order valence-corrected chi connectivity index (χ4v) is 2.22. The first-order chi connectivity index (χ1) is 19.3. The first kappa shape index (κ1) is 21.5. The summed E-state index contributed by atoms with van der Waals surface area (Å²) >= 11 is 0. The smallest absolute Gasteiger partial charge is 0.340 e. The maximum atomic E-state index is 11.4. The van der Waals surface area contributed by atoms with Crippen LogP contribution >= 0.6 is 0 Å². The molecule has 0 spiro atoms. The van der Waals surface area contributed by atoms with Crippen LogP contribution in [0, 0.1) is 5.41 Å². The molecule has 14 nitrogen and oxygen atoms in total. The van der Waals surface area contributed by atoms with Crippen molar-refractivity contribution in [3.63, 3.8) is 0 Å². The van der Waals surface area contributed by atoms with Crippen LogP contribution in [0.1, 0.15) is 32.4 Å². The number of hydrogen-bond acceptors (Lipinski definition) is 11. The van der Waals surface area contributed by atoms with Crippen molar-refractivity contribution in [3.8, 4) is 23.0 Å². The standard InChI is InChI=1S/C10H13NO4.C9H8N2O3.C2H4O2.CH4N2/c1-3-15-10(13)6-4-8(12)9(14-2)5-7(6)11;1-14-8-3-6-5(2-7(8)12)9(13)11-4-10-6;1-2(3)4;2-1-3/h4-5,12H,3,11H2,1-2H3;2-4,12H,1H3,(H,10,11,13);1H3,(H,3,4);1H,(H3,2,3)/i2D3;1D3;;. The molecule has 0 radical (unpaired) electrons. The van der Waals surface area contributed by atoms with Crippen LogP contribution in [0.3, 0.4) is 0 Å². The number of aromatic amines is 1. The predicted octanol–water partition coefficient (Wildman–Crippen LogP) is 1.44. The quantitative estimate of drug-likeness (QED) is 0.0861. The second-order valence-corrected chi connectivity index (χ2v) is 6.09. The highest BCUT2D eigenvalue weighted by atomic mass is 16.5. The van der Waals surface area contributed by atoms with Crippen molar-refractivity contribution in [3.05, 3.63) is 46.5 Å². The third-order valence-corrected chi connectivity index (χ3v) is 3.57. The number of fused-ring (bicyclic) bond motifs is 1. The number of nitrogens with one attached hydrogen (secondary N) is 2. The number of benzene rings is 2. The van der Waals surface area contributed by atoms with Gasteiger partial charge in [-0.15, -0.1) is 0 Å². The number of ether oxygens (including phenoxy) is 3. The molecule has 1 aromatic heterocycles. The molecule has 0 saturated carbocycles. The van der Waals surface area contributed by atoms with E-state index in [0.29, 0.717) is 0 Å². The number of esters is 1. The molecule has 3 rings (SSSR count). The summed E-state index contributed by atoms with van der Waals surface area (Å²) in [5.41, 5.74) is 9.68. The van der Waals surface area contributed by atoms with Gasteiger partial charge in [0, 0.05) is 25.1 Å². The Morgan fingerprint density at radius 3 is 2.22 bits per heavy atom. The lowest BCUT2D eigenvalue weighted by molar-refractivity contribution is -0.134. The number of nitrogens with zero attached hydrogens (tertiary/aromatic N) is 1. The summed E-state index contributed by atoms with van der Waals surface area (Å²) in [5, 5.41) is 32.5. The number of rotatable bonds is 4. The molecule has 0 unspecified atom stereocenters. The Bertz CT molecular complexity index is 1420. The van der Waals surface area contributed by atoms with E-state index in [0.717, 1.165) is 31.5 Å². The third kappa shape index (κ3) is 9.86. The molecule has 0 saturated heterocycles. The number of carbonyl (C=O) groups excluding carboxylic acids is 1. The lowest BCUT2D eigenvalue weighted by Crippen LogP contribution is -2.08. The lowest BCUT2D eigenvalue weighted by atomic mass is 10.1. The molecule has 0 aliphatic carbocycles. The van der Waals surface area contributed by atoms with Gasteiger partial charge >= 0.3 is 5.97 Å². The minimum Gasteiger partial charge on any atom is -0.504 e. The second-order valence-electron chi connectivity index (χ2n) is 6.09. The number of H-pyrrole nitrogens is 1. The largest absolute Gasteiger partial charge is 0.504 e. The van der Waals surface area contributed by atoms with Crippen LogP contribution in [-0.4, -0.2) is 64.2 Å². The van der Waals surface area contributed by atoms with E-state index in [-0.39, 0.29) is 40.3 Å². The summed E-state index contributed by atoms with van der Waals surface area (Å²) in [4.78, 5) is 38.0. The first-order valence-electron chi connectivity index (χ1n) is 12.5. The fourth-order valence-electron chi connectivity index (χ4n) is 2.22. The number of nitrogen functional groups attached to an aromatic ring is 1. The van der Waals surface area contributed by atoms with Crippen LogP contribution in [0.25, 0.3) is 10.9 Å². The normalized spacial score (nSPS) is 12.3. The molecule has 14 heteroatoms. The number of aromatic nitrogens is 2. The van der Waals surface area contributed by atoms with E-state index in [1.54, 1.807) is 6.92 Å². The van der Waals surface area contributed by atoms with E-state index >= 15 is 0 Å². The Balaban J connectivity index is 0.000000656. The van der Waals surface area contributed by atoms with Gasteiger partial charge in [0.05, 0.1) is 63.7 Å². The number of methoxy groups -OCH3 is 2. The molecule has 0 fully saturated rings. The van der Waals surface area contributed by atoms with Gasteiger partial charge in [0.25, 0.3) is 11.5 Å². The summed E-state index contributed by atoms with van der Waals surface area (Å²) in [7, 11) is -5.39. The van der Waals surface area contributed by atoms with E-state index in [1.807, 2.05) is 0 Å². The molecule has 36 heavy (non-hydrogen) atoms. The van der Waals surface area contributed by atoms with Gasteiger partial charge in [-0.25, -0.2) is 9.78 Å². The summed E-state index contributed by atoms with van der Waals surface area (Å²) in [6.07, 6.45) is 1.93. The Labute approximate surface area is 214 Å². The monoisotopic (exact) mass is 513 g/mol. The Kier molecular flexibility index (Phi) is 9.42. The molecule has 0 aliphatic rings. The summed E-state index contributed by atoms with van der Waals surface area (Å²) < 4.78 is 55.3. The highest BCUT2D eigenvalue weighted by Crippen LogP contribution is 2.31. The predicted molar refractivity (Wildman–Crippen MR) is 132 cm³/mol. The summed E-state index contributed by atoms with van der Waals surface area (Å²) in [6, 6.07) is 4.39. The van der Waals surface area contributed by atoms with E-state index in [2.05, 4.69) is 25.2 Å². The fraction of sp³-hybridized carbons (Fsp3) is 0.227. The molecule has 0 atom stereocenters. The SMILES string of the molecule is CC(=O)O.N=CN.[2H]C([2H])([2H])Oc1cc(N)c(C(=O)OCC)cc1O.[2H]C([2H])([2H])Oc1cc2nc[nH]c(=O)c2cc1O. The molecular formula is C22H29N5O9. The Morgan fingerprint density at radius 2 is 1.69 bits per heavy atom. The van der Waals surface area contributed by atoms with Crippen LogP contribution in [-0.2, 0) is 9.53 Å². The number of hydrogen-bond donors (Lipinski definition) is 7. The van der Waals surface area contributed by atoms with Crippen LogP contribution < -0.4 is 26.5 Å². The van der Waals surface area contributed by atoms with E-state index in [4.69, 9.17) is 34.0 Å². The molecule has 196 valence electrons. The third-order valence-electron chi connectivity index (χ3n) is 3.57. The number of aliphatic carboxylic acids is 1. The number of carboxylic acids is 1. The molecule has 9 N–H and O–H groups in total. The number of aromatic hydroxyl groups is 2. The van der Waals surface area contributed by atoms with Gasteiger partial charge in [0.1, 0.15) is 0 Å². The number of carbonyl (C=O) groups is 2. The van der Waals surface area contributed by atoms with Crippen molar-refractivity contribution < 1.29 is 47.3 Å². The van der Waals surface area contributed by atoms with Gasteiger partial charge < -0.3 is 46.0 Å². The molecule has 0 amide bonds. The van der Waals surface area contributed by atoms with Crippen molar-refractivity contribution in [2.45, 2.75) is 13.8 Å². The Hall–Kier alpha value is -5.01. The van der Waals surface area contributed by atoms with Crippen LogP contribution in [0.15, 0.2) is 35.4 Å². The zero-order valence-corrected chi connectivity index (χ0v) is 19.1. The Morgan fingerprint density at radius 1 is 1.17 bits per heavy atom. The minimum atomic E-state index is -2.71. The maximum Gasteiger partial charge on any atom is 0.340 e. The average Bonchev–Trinajstić information content (AvgIpc) is 2.81. The van der Waals surface area contributed by atoms with Gasteiger partial charge in [0.15, 0.2) is 23.0 Å². The average molecular weight is 514 g/mol. The molecule has 1 heterocycles. The van der Waals surface area contributed by atoms with Crippen molar-refractivity contribution in [2.75, 3.05) is 26.4 Å². The van der Waals surface area contributed by atoms with Crippen molar-refractivity contribution in [1.82, 2.24) is 9.97 Å². The molecule has 3 aromatic rings. The number of nitrogens with two attached hydrogens (primary N) is 2. The molecule has 2 aromatic carbocycles. The lowest BCUT2D eigenvalue weighted by Gasteiger charge is -2.08. The number of anilines is 1. The van der Waals surface area contributed by atoms with Gasteiger partial charge in [-0.1, -0.05) is 0 Å². The number of phenolic OH excluding ortho intramolecular Hbond substituents is 2. The molecule has 0 aliphatic heterocycles. The van der Waals surface area contributed by atoms with Gasteiger partial charge in [-0.2, -0.15) is 0 Å². The van der Waals surface area contributed by atoms with Crippen molar-refractivity contribution in [2.24, 2.45) is 5.73 Å². The zero-order chi connectivity index (χ0) is 32.8. The highest BCUT2D eigenvalue weighted by Gasteiger charge is 2.14. The van der Waals surface area contributed by atoms with Crippen molar-refractivity contribution in [1.29, 1.82) is 5.41 Å². The number of phenols is 2. The highest BCUT2D eigenvalue weighted by molar-refractivity contribution is 5.96. The van der Waals surface area contributed by atoms with E-state index in [1.165, 1.54) is 12.4 Å². The summed E-state index contributed by atoms with van der Waals surface area (Å²) in [5.74, 6) is -3.02. The van der Waals surface area contributed by atoms with Crippen LogP contribution in [0.2, 0.25) is 0 Å². The molecule has 0 bridgehead atoms. The van der Waals surface area contributed by atoms with E-state index in [9.17, 15) is 19.8 Å². The van der Waals surface area contributed by atoms with Gasteiger partial charge in [0.2, 0.25) is 0 Å². The van der Waals surface area contributed by atoms with Crippen molar-refractivity contribution >= 4 is 34.9 Å². The molecular weight excluding hydrogens is 478 g/mol. The van der Waals surface area contributed by atoms with Crippen LogP contribution in [0.5, 0.6) is 23.0 Å². The van der Waals surface area contributed by atoms with Gasteiger partial charge in [-0.05, 0) is 13.0 Å². The zero-order valence-electron chi connectivity index (χ0n) is 25.1. The maximum absolute atomic E-state index is 11.4. The first-order valence-corrected chi connectivity index (χ1v) is 9.54. The van der Waals surface area contributed by atoms with Gasteiger partial charge in [-0.3, -0.25) is 15.0 Å². The van der Waals surface area contributed by atoms with Crippen LogP contribution in [0.4, 0.5) is 5.69 Å². The minimum absolute atomic E-state index is 0.0366. The van der Waals surface area contributed by atoms with E-state index < -0.39 is 43.1 Å². The summed E-state index contributed by atoms with van der Waals surface area (Å²) in [6.45, 7) is 2.87. The number of carboxylic acid groups (broad SMARTS) is 1. The topological polar surface area (TPSA) is 244 Å². The second kappa shape index (κ2) is 15.8.